The van der Waals surface area contributed by atoms with Gasteiger partial charge in [0.1, 0.15) is 0 Å². The Bertz CT molecular complexity index is 993. The second kappa shape index (κ2) is 8.19. The van der Waals surface area contributed by atoms with E-state index in [0.29, 0.717) is 16.7 Å². The van der Waals surface area contributed by atoms with E-state index in [-0.39, 0.29) is 22.2 Å². The van der Waals surface area contributed by atoms with Crippen LogP contribution < -0.4 is 5.32 Å². The monoisotopic (exact) mass is 403 g/mol. The molecule has 0 fully saturated rings. The summed E-state index contributed by atoms with van der Waals surface area (Å²) in [5, 5.41) is 20.7. The molecule has 3 aromatic rings. The Morgan fingerprint density at radius 3 is 2.67 bits per heavy atom. The number of hydrogen-bond acceptors (Lipinski definition) is 6. The molecule has 8 nitrogen and oxygen atoms in total. The normalized spacial score (nSPS) is 10.6. The molecular formula is C17H14ClN5O3S. The maximum atomic E-state index is 12.2. The summed E-state index contributed by atoms with van der Waals surface area (Å²) in [5.74, 6) is -0.697. The van der Waals surface area contributed by atoms with Crippen LogP contribution >= 0.6 is 23.4 Å². The van der Waals surface area contributed by atoms with E-state index in [4.69, 9.17) is 16.7 Å². The molecule has 0 saturated carbocycles. The Hall–Kier alpha value is -2.91. The molecule has 0 saturated heterocycles. The number of thioether (sulfide) groups is 1. The first-order valence-electron chi connectivity index (χ1n) is 7.71. The largest absolute Gasteiger partial charge is 0.478 e. The van der Waals surface area contributed by atoms with Crippen molar-refractivity contribution < 1.29 is 14.7 Å². The van der Waals surface area contributed by atoms with Crippen LogP contribution in [-0.4, -0.2) is 42.5 Å². The zero-order valence-electron chi connectivity index (χ0n) is 14.1. The van der Waals surface area contributed by atoms with Crippen LogP contribution in [0.5, 0.6) is 0 Å². The number of amides is 1. The molecule has 3 rings (SSSR count). The number of nitrogens with zero attached hydrogens (tertiary/aromatic N) is 4. The van der Waals surface area contributed by atoms with E-state index in [2.05, 4.69) is 20.5 Å². The van der Waals surface area contributed by atoms with Gasteiger partial charge in [0.15, 0.2) is 11.0 Å². The fourth-order valence-electron chi connectivity index (χ4n) is 2.29. The molecular weight excluding hydrogens is 390 g/mol. The van der Waals surface area contributed by atoms with Crippen molar-refractivity contribution in [2.45, 2.75) is 5.16 Å². The van der Waals surface area contributed by atoms with Gasteiger partial charge in [0.05, 0.1) is 16.3 Å². The highest BCUT2D eigenvalue weighted by Gasteiger charge is 2.14. The van der Waals surface area contributed by atoms with E-state index in [1.54, 1.807) is 23.0 Å². The zero-order valence-corrected chi connectivity index (χ0v) is 15.7. The van der Waals surface area contributed by atoms with Crippen LogP contribution in [-0.2, 0) is 11.8 Å². The van der Waals surface area contributed by atoms with Crippen molar-refractivity contribution in [2.24, 2.45) is 7.05 Å². The third-order valence-electron chi connectivity index (χ3n) is 3.59. The highest BCUT2D eigenvalue weighted by molar-refractivity contribution is 7.99. The molecule has 0 aliphatic carbocycles. The summed E-state index contributed by atoms with van der Waals surface area (Å²) in [6.07, 6.45) is 3.34. The molecule has 0 aliphatic rings. The molecule has 0 aliphatic heterocycles. The number of hydrogen-bond donors (Lipinski definition) is 2. The minimum absolute atomic E-state index is 0.0718. The molecule has 27 heavy (non-hydrogen) atoms. The van der Waals surface area contributed by atoms with E-state index in [1.165, 1.54) is 23.9 Å². The zero-order chi connectivity index (χ0) is 19.4. The molecule has 0 bridgehead atoms. The van der Waals surface area contributed by atoms with Gasteiger partial charge in [-0.15, -0.1) is 10.2 Å². The summed E-state index contributed by atoms with van der Waals surface area (Å²) >= 11 is 7.04. The minimum atomic E-state index is -1.16. The molecule has 2 aromatic heterocycles. The molecule has 0 radical (unpaired) electrons. The molecule has 0 atom stereocenters. The Balaban J connectivity index is 1.64. The van der Waals surface area contributed by atoms with Crippen molar-refractivity contribution in [2.75, 3.05) is 11.1 Å². The first kappa shape index (κ1) is 18.9. The topological polar surface area (TPSA) is 110 Å². The average Bonchev–Trinajstić information content (AvgIpc) is 3.02. The number of benzene rings is 1. The molecule has 1 amide bonds. The number of carboxylic acids is 1. The van der Waals surface area contributed by atoms with Crippen LogP contribution in [0, 0.1) is 0 Å². The van der Waals surface area contributed by atoms with Crippen molar-refractivity contribution in [3.05, 3.63) is 53.3 Å². The van der Waals surface area contributed by atoms with Crippen LogP contribution in [0.15, 0.2) is 47.9 Å². The quantitative estimate of drug-likeness (QED) is 0.609. The fraction of sp³-hybridized carbons (Fsp3) is 0.118. The smallest absolute Gasteiger partial charge is 0.337 e. The molecule has 0 unspecified atom stereocenters. The van der Waals surface area contributed by atoms with Gasteiger partial charge in [-0.25, -0.2) is 4.79 Å². The van der Waals surface area contributed by atoms with Crippen molar-refractivity contribution in [3.63, 3.8) is 0 Å². The van der Waals surface area contributed by atoms with E-state index in [0.717, 1.165) is 5.56 Å². The van der Waals surface area contributed by atoms with Crippen molar-refractivity contribution >= 4 is 40.9 Å². The van der Waals surface area contributed by atoms with E-state index < -0.39 is 5.97 Å². The first-order chi connectivity index (χ1) is 13.0. The van der Waals surface area contributed by atoms with Gasteiger partial charge < -0.3 is 15.0 Å². The van der Waals surface area contributed by atoms with Gasteiger partial charge in [-0.1, -0.05) is 23.4 Å². The summed E-state index contributed by atoms with van der Waals surface area (Å²) < 4.78 is 1.79. The lowest BCUT2D eigenvalue weighted by Gasteiger charge is -2.07. The second-order valence-electron chi connectivity index (χ2n) is 5.44. The Morgan fingerprint density at radius 1 is 1.22 bits per heavy atom. The van der Waals surface area contributed by atoms with Crippen molar-refractivity contribution in [1.29, 1.82) is 0 Å². The van der Waals surface area contributed by atoms with Gasteiger partial charge in [0, 0.05) is 30.7 Å². The van der Waals surface area contributed by atoms with Gasteiger partial charge in [-0.3, -0.25) is 9.78 Å². The standard InChI is InChI=1S/C17H14ClN5O3S/c1-23-15(10-4-6-19-7-5-10)21-22-17(23)27-9-14(24)20-11-2-3-13(18)12(8-11)16(25)26/h2-8H,9H2,1H3,(H,20,24)(H,25,26). The lowest BCUT2D eigenvalue weighted by atomic mass is 10.2. The molecule has 1 aromatic carbocycles. The van der Waals surface area contributed by atoms with E-state index >= 15 is 0 Å². The number of rotatable bonds is 6. The predicted molar refractivity (Wildman–Crippen MR) is 102 cm³/mol. The number of carbonyl (C=O) groups is 2. The summed E-state index contributed by atoms with van der Waals surface area (Å²) in [5.41, 5.74) is 1.16. The fourth-order valence-corrected chi connectivity index (χ4v) is 3.20. The SMILES string of the molecule is Cn1c(SCC(=O)Nc2ccc(Cl)c(C(=O)O)c2)nnc1-c1ccncc1. The van der Waals surface area contributed by atoms with Crippen LogP contribution in [0.25, 0.3) is 11.4 Å². The lowest BCUT2D eigenvalue weighted by Crippen LogP contribution is -2.15. The number of carboxylic acid groups (broad SMARTS) is 1. The highest BCUT2D eigenvalue weighted by atomic mass is 35.5. The second-order valence-corrected chi connectivity index (χ2v) is 6.79. The third kappa shape index (κ3) is 4.44. The Labute approximate surface area is 163 Å². The van der Waals surface area contributed by atoms with Crippen LogP contribution in [0.1, 0.15) is 10.4 Å². The third-order valence-corrected chi connectivity index (χ3v) is 4.94. The first-order valence-corrected chi connectivity index (χ1v) is 9.07. The summed E-state index contributed by atoms with van der Waals surface area (Å²) in [4.78, 5) is 27.2. The van der Waals surface area contributed by atoms with E-state index in [9.17, 15) is 9.59 Å². The van der Waals surface area contributed by atoms with Gasteiger partial charge in [-0.2, -0.15) is 0 Å². The predicted octanol–water partition coefficient (Wildman–Crippen LogP) is 2.96. The van der Waals surface area contributed by atoms with Gasteiger partial charge in [0.2, 0.25) is 5.91 Å². The average molecular weight is 404 g/mol. The van der Waals surface area contributed by atoms with Crippen molar-refractivity contribution in [3.8, 4) is 11.4 Å². The minimum Gasteiger partial charge on any atom is -0.478 e. The Kier molecular flexibility index (Phi) is 5.72. The van der Waals surface area contributed by atoms with Crippen LogP contribution in [0.3, 0.4) is 0 Å². The summed E-state index contributed by atoms with van der Waals surface area (Å²) in [7, 11) is 1.81. The maximum Gasteiger partial charge on any atom is 0.337 e. The highest BCUT2D eigenvalue weighted by Crippen LogP contribution is 2.23. The number of carbonyl (C=O) groups excluding carboxylic acids is 1. The molecule has 10 heteroatoms. The van der Waals surface area contributed by atoms with E-state index in [1.807, 2.05) is 19.2 Å². The number of pyridine rings is 1. The van der Waals surface area contributed by atoms with Crippen LogP contribution in [0.2, 0.25) is 5.02 Å². The summed E-state index contributed by atoms with van der Waals surface area (Å²) in [6, 6.07) is 7.94. The van der Waals surface area contributed by atoms with Crippen molar-refractivity contribution in [1.82, 2.24) is 19.7 Å². The molecule has 138 valence electrons. The Morgan fingerprint density at radius 2 is 1.96 bits per heavy atom. The lowest BCUT2D eigenvalue weighted by molar-refractivity contribution is -0.113. The van der Waals surface area contributed by atoms with Crippen LogP contribution in [0.4, 0.5) is 5.69 Å². The maximum absolute atomic E-state index is 12.2. The molecule has 0 spiro atoms. The van der Waals surface area contributed by atoms with Gasteiger partial charge in [-0.05, 0) is 30.3 Å². The van der Waals surface area contributed by atoms with Gasteiger partial charge in [0.25, 0.3) is 0 Å². The summed E-state index contributed by atoms with van der Waals surface area (Å²) in [6.45, 7) is 0. The van der Waals surface area contributed by atoms with Gasteiger partial charge >= 0.3 is 5.97 Å². The molecule has 2 heterocycles. The number of aromatic carboxylic acids is 1. The number of anilines is 1. The number of halogens is 1. The number of nitrogens with one attached hydrogen (secondary N) is 1. The molecule has 2 N–H and O–H groups in total. The number of aromatic nitrogens is 4.